The standard InChI is InChI=1S/C20H21NO7S/c1-25-15-8-12(9-16(26-2)17(15)27-3)20(24)28-13-6-4-5-11(7-13)18-21-14(10-29-18)19(22)23/h4-9,14,18,21H,10H2,1-3H3,(H,22,23)/t14-,18-/m0/s1. The lowest BCUT2D eigenvalue weighted by molar-refractivity contribution is -0.690. The Bertz CT molecular complexity index is 892. The van der Waals surface area contributed by atoms with E-state index < -0.39 is 18.0 Å². The summed E-state index contributed by atoms with van der Waals surface area (Å²) in [6.45, 7) is 0. The number of thioether (sulfide) groups is 1. The summed E-state index contributed by atoms with van der Waals surface area (Å²) in [5.41, 5.74) is 1.10. The number of rotatable bonds is 7. The molecule has 8 nitrogen and oxygen atoms in total. The molecule has 3 rings (SSSR count). The van der Waals surface area contributed by atoms with Gasteiger partial charge >= 0.3 is 5.97 Å². The van der Waals surface area contributed by atoms with Crippen LogP contribution < -0.4 is 29.4 Å². The van der Waals surface area contributed by atoms with E-state index in [0.29, 0.717) is 28.8 Å². The molecule has 1 aliphatic rings. The molecule has 1 aliphatic heterocycles. The fourth-order valence-corrected chi connectivity index (χ4v) is 4.31. The molecule has 2 atom stereocenters. The lowest BCUT2D eigenvalue weighted by atomic mass is 10.1. The molecule has 2 aromatic carbocycles. The highest BCUT2D eigenvalue weighted by Gasteiger charge is 2.31. The molecule has 2 N–H and O–H groups in total. The van der Waals surface area contributed by atoms with Crippen molar-refractivity contribution < 1.29 is 39.0 Å². The zero-order chi connectivity index (χ0) is 21.0. The van der Waals surface area contributed by atoms with E-state index >= 15 is 0 Å². The van der Waals surface area contributed by atoms with Crippen molar-refractivity contribution in [1.82, 2.24) is 0 Å². The van der Waals surface area contributed by atoms with Gasteiger partial charge in [0.05, 0.1) is 32.6 Å². The SMILES string of the molecule is COc1cc(C(=O)Oc2cccc([C@H]3[NH2+][C@H](C(=O)[O-])CS3)c2)cc(OC)c1OC. The lowest BCUT2D eigenvalue weighted by Crippen LogP contribution is -2.90. The van der Waals surface area contributed by atoms with Gasteiger partial charge in [-0.3, -0.25) is 0 Å². The van der Waals surface area contributed by atoms with Crippen LogP contribution in [-0.4, -0.2) is 45.1 Å². The van der Waals surface area contributed by atoms with Gasteiger partial charge in [0.15, 0.2) is 16.9 Å². The summed E-state index contributed by atoms with van der Waals surface area (Å²) in [6.07, 6.45) is 0. The summed E-state index contributed by atoms with van der Waals surface area (Å²) in [5, 5.41) is 12.7. The maximum atomic E-state index is 12.7. The molecule has 29 heavy (non-hydrogen) atoms. The number of carbonyl (C=O) groups excluding carboxylic acids is 2. The Labute approximate surface area is 172 Å². The second kappa shape index (κ2) is 9.06. The van der Waals surface area contributed by atoms with Gasteiger partial charge in [0.2, 0.25) is 5.75 Å². The van der Waals surface area contributed by atoms with Crippen molar-refractivity contribution in [2.75, 3.05) is 27.1 Å². The van der Waals surface area contributed by atoms with E-state index in [-0.39, 0.29) is 10.9 Å². The van der Waals surface area contributed by atoms with Crippen molar-refractivity contribution in [1.29, 1.82) is 0 Å². The molecule has 1 heterocycles. The van der Waals surface area contributed by atoms with Gasteiger partial charge in [-0.25, -0.2) is 4.79 Å². The predicted molar refractivity (Wildman–Crippen MR) is 103 cm³/mol. The Hall–Kier alpha value is -2.91. The highest BCUT2D eigenvalue weighted by Crippen LogP contribution is 2.38. The summed E-state index contributed by atoms with van der Waals surface area (Å²) in [7, 11) is 4.41. The molecule has 0 radical (unpaired) electrons. The van der Waals surface area contributed by atoms with Crippen LogP contribution in [0.25, 0.3) is 0 Å². The summed E-state index contributed by atoms with van der Waals surface area (Å²) >= 11 is 1.51. The normalized spacial score (nSPS) is 18.2. The smallest absolute Gasteiger partial charge is 0.343 e. The molecule has 0 aliphatic carbocycles. The molecule has 0 amide bonds. The summed E-state index contributed by atoms with van der Waals surface area (Å²) in [4.78, 5) is 23.7. The van der Waals surface area contributed by atoms with Crippen LogP contribution in [-0.2, 0) is 4.79 Å². The second-order valence-electron chi connectivity index (χ2n) is 6.25. The number of hydrogen-bond acceptors (Lipinski definition) is 8. The number of carboxylic acid groups (broad SMARTS) is 1. The van der Waals surface area contributed by atoms with E-state index in [9.17, 15) is 14.7 Å². The minimum atomic E-state index is -1.08. The zero-order valence-corrected chi connectivity index (χ0v) is 17.0. The van der Waals surface area contributed by atoms with E-state index in [0.717, 1.165) is 5.56 Å². The maximum Gasteiger partial charge on any atom is 0.343 e. The van der Waals surface area contributed by atoms with Gasteiger partial charge in [0.25, 0.3) is 0 Å². The van der Waals surface area contributed by atoms with Crippen LogP contribution in [0, 0.1) is 0 Å². The average molecular weight is 419 g/mol. The number of benzene rings is 2. The van der Waals surface area contributed by atoms with Crippen LogP contribution in [0.2, 0.25) is 0 Å². The van der Waals surface area contributed by atoms with Crippen molar-refractivity contribution in [3.05, 3.63) is 47.5 Å². The molecule has 0 saturated carbocycles. The number of methoxy groups -OCH3 is 3. The molecule has 9 heteroatoms. The fraction of sp³-hybridized carbons (Fsp3) is 0.300. The molecular weight excluding hydrogens is 398 g/mol. The number of aliphatic carboxylic acids is 1. The van der Waals surface area contributed by atoms with Gasteiger partial charge in [0, 0.05) is 5.56 Å². The van der Waals surface area contributed by atoms with Crippen LogP contribution in [0.4, 0.5) is 0 Å². The largest absolute Gasteiger partial charge is 0.544 e. The number of ether oxygens (including phenoxy) is 4. The Balaban J connectivity index is 1.79. The zero-order valence-electron chi connectivity index (χ0n) is 16.2. The minimum absolute atomic E-state index is 0.0993. The first-order valence-corrected chi connectivity index (χ1v) is 9.81. The molecule has 1 fully saturated rings. The van der Waals surface area contributed by atoms with Gasteiger partial charge in [-0.2, -0.15) is 0 Å². The Morgan fingerprint density at radius 3 is 2.31 bits per heavy atom. The first kappa shape index (κ1) is 20.8. The number of esters is 1. The molecule has 154 valence electrons. The van der Waals surface area contributed by atoms with Crippen molar-refractivity contribution >= 4 is 23.7 Å². The monoisotopic (exact) mass is 419 g/mol. The van der Waals surface area contributed by atoms with Crippen LogP contribution in [0.1, 0.15) is 21.3 Å². The third-order valence-electron chi connectivity index (χ3n) is 4.46. The molecule has 0 unspecified atom stereocenters. The quantitative estimate of drug-likeness (QED) is 0.506. The Morgan fingerprint density at radius 2 is 1.76 bits per heavy atom. The minimum Gasteiger partial charge on any atom is -0.544 e. The third-order valence-corrected chi connectivity index (χ3v) is 5.80. The lowest BCUT2D eigenvalue weighted by Gasteiger charge is -2.14. The summed E-state index contributed by atoms with van der Waals surface area (Å²) in [5.74, 6) is 0.220. The van der Waals surface area contributed by atoms with Crippen LogP contribution in [0.3, 0.4) is 0 Å². The van der Waals surface area contributed by atoms with Gasteiger partial charge < -0.3 is 34.2 Å². The van der Waals surface area contributed by atoms with E-state index in [1.54, 1.807) is 23.5 Å². The van der Waals surface area contributed by atoms with Gasteiger partial charge in [-0.05, 0) is 24.3 Å². The predicted octanol–water partition coefficient (Wildman–Crippen LogP) is 0.359. The number of carbonyl (C=O) groups is 2. The van der Waals surface area contributed by atoms with E-state index in [1.807, 2.05) is 6.07 Å². The highest BCUT2D eigenvalue weighted by molar-refractivity contribution is 7.99. The van der Waals surface area contributed by atoms with Gasteiger partial charge in [-0.1, -0.05) is 23.9 Å². The first-order valence-electron chi connectivity index (χ1n) is 8.76. The van der Waals surface area contributed by atoms with Crippen LogP contribution in [0.5, 0.6) is 23.0 Å². The average Bonchev–Trinajstić information content (AvgIpc) is 3.23. The summed E-state index contributed by atoms with van der Waals surface area (Å²) < 4.78 is 21.3. The van der Waals surface area contributed by atoms with Crippen molar-refractivity contribution in [2.45, 2.75) is 11.4 Å². The molecule has 1 saturated heterocycles. The van der Waals surface area contributed by atoms with Gasteiger partial charge in [0.1, 0.15) is 17.8 Å². The van der Waals surface area contributed by atoms with Crippen LogP contribution in [0.15, 0.2) is 36.4 Å². The van der Waals surface area contributed by atoms with E-state index in [1.165, 1.54) is 45.2 Å². The maximum absolute atomic E-state index is 12.7. The number of hydrogen-bond donors (Lipinski definition) is 1. The van der Waals surface area contributed by atoms with Crippen molar-refractivity contribution in [3.63, 3.8) is 0 Å². The number of quaternary nitrogens is 1. The highest BCUT2D eigenvalue weighted by atomic mass is 32.2. The fourth-order valence-electron chi connectivity index (χ4n) is 3.00. The Morgan fingerprint density at radius 1 is 1.07 bits per heavy atom. The van der Waals surface area contributed by atoms with Crippen molar-refractivity contribution in [2.24, 2.45) is 0 Å². The van der Waals surface area contributed by atoms with E-state index in [4.69, 9.17) is 18.9 Å². The molecule has 0 spiro atoms. The first-order chi connectivity index (χ1) is 14.0. The van der Waals surface area contributed by atoms with Gasteiger partial charge in [-0.15, -0.1) is 0 Å². The Kier molecular flexibility index (Phi) is 6.50. The second-order valence-corrected chi connectivity index (χ2v) is 7.42. The molecule has 0 aromatic heterocycles. The molecule has 0 bridgehead atoms. The molecular formula is C20H21NO7S. The number of carboxylic acids is 1. The molecule has 2 aromatic rings. The van der Waals surface area contributed by atoms with Crippen LogP contribution >= 0.6 is 11.8 Å². The third kappa shape index (κ3) is 4.57. The summed E-state index contributed by atoms with van der Waals surface area (Å²) in [6, 6.07) is 9.44. The van der Waals surface area contributed by atoms with Crippen molar-refractivity contribution in [3.8, 4) is 23.0 Å². The topological polar surface area (TPSA) is 111 Å². The number of nitrogens with two attached hydrogens (primary N) is 1. The van der Waals surface area contributed by atoms with E-state index in [2.05, 4.69) is 0 Å².